The summed E-state index contributed by atoms with van der Waals surface area (Å²) in [4.78, 5) is 14.4. The molecule has 0 spiro atoms. The Kier molecular flexibility index (Phi) is 4.51. The third-order valence-electron chi connectivity index (χ3n) is 3.63. The van der Waals surface area contributed by atoms with Crippen molar-refractivity contribution in [2.45, 2.75) is 6.54 Å². The molecule has 122 valence electrons. The van der Waals surface area contributed by atoms with E-state index >= 15 is 0 Å². The standard InChI is InChI=1S/C17H18N6O/c1-22(2)15-8-6-13(7-9-15)11-18-17(24)14-4-3-5-16(10-14)23-12-19-20-21-23/h3-10,12H,11H2,1-2H3,(H,18,24). The van der Waals surface area contributed by atoms with E-state index in [1.807, 2.05) is 49.3 Å². The molecular formula is C17H18N6O. The molecule has 0 saturated carbocycles. The van der Waals surface area contributed by atoms with Gasteiger partial charge in [0, 0.05) is 31.9 Å². The summed E-state index contributed by atoms with van der Waals surface area (Å²) in [6.07, 6.45) is 1.49. The summed E-state index contributed by atoms with van der Waals surface area (Å²) >= 11 is 0. The van der Waals surface area contributed by atoms with Crippen LogP contribution in [0.15, 0.2) is 54.9 Å². The van der Waals surface area contributed by atoms with Crippen LogP contribution in [-0.4, -0.2) is 40.2 Å². The SMILES string of the molecule is CN(C)c1ccc(CNC(=O)c2cccc(-n3cnnn3)c2)cc1. The Morgan fingerprint density at radius 2 is 1.96 bits per heavy atom. The molecule has 7 nitrogen and oxygen atoms in total. The van der Waals surface area contributed by atoms with Crippen LogP contribution in [0.4, 0.5) is 5.69 Å². The molecule has 0 radical (unpaired) electrons. The van der Waals surface area contributed by atoms with Crippen molar-refractivity contribution in [3.8, 4) is 5.69 Å². The fourth-order valence-electron chi connectivity index (χ4n) is 2.27. The van der Waals surface area contributed by atoms with Crippen molar-refractivity contribution < 1.29 is 4.79 Å². The quantitative estimate of drug-likeness (QED) is 0.773. The van der Waals surface area contributed by atoms with Gasteiger partial charge in [0.05, 0.1) is 5.69 Å². The topological polar surface area (TPSA) is 75.9 Å². The summed E-state index contributed by atoms with van der Waals surface area (Å²) in [7, 11) is 3.99. The predicted octanol–water partition coefficient (Wildman–Crippen LogP) is 1.66. The average Bonchev–Trinajstić information content (AvgIpc) is 3.15. The van der Waals surface area contributed by atoms with Gasteiger partial charge in [-0.2, -0.15) is 0 Å². The van der Waals surface area contributed by atoms with Crippen molar-refractivity contribution in [1.82, 2.24) is 25.5 Å². The number of nitrogens with zero attached hydrogens (tertiary/aromatic N) is 5. The zero-order valence-corrected chi connectivity index (χ0v) is 13.5. The number of hydrogen-bond donors (Lipinski definition) is 1. The highest BCUT2D eigenvalue weighted by molar-refractivity contribution is 5.94. The second-order valence-electron chi connectivity index (χ2n) is 5.55. The summed E-state index contributed by atoms with van der Waals surface area (Å²) in [5, 5.41) is 13.9. The summed E-state index contributed by atoms with van der Waals surface area (Å²) in [5.41, 5.74) is 3.47. The molecule has 1 amide bonds. The fraction of sp³-hybridized carbons (Fsp3) is 0.176. The molecule has 0 aliphatic rings. The molecule has 1 N–H and O–H groups in total. The number of tetrazole rings is 1. The summed E-state index contributed by atoms with van der Waals surface area (Å²) in [6, 6.07) is 15.2. The molecule has 1 aromatic heterocycles. The number of amides is 1. The molecular weight excluding hydrogens is 304 g/mol. The molecule has 0 bridgehead atoms. The lowest BCUT2D eigenvalue weighted by Gasteiger charge is -2.13. The molecule has 24 heavy (non-hydrogen) atoms. The molecule has 0 atom stereocenters. The number of nitrogens with one attached hydrogen (secondary N) is 1. The highest BCUT2D eigenvalue weighted by atomic mass is 16.1. The van der Waals surface area contributed by atoms with Gasteiger partial charge in [0.2, 0.25) is 0 Å². The minimum absolute atomic E-state index is 0.137. The largest absolute Gasteiger partial charge is 0.378 e. The lowest BCUT2D eigenvalue weighted by Crippen LogP contribution is -2.23. The average molecular weight is 322 g/mol. The second-order valence-corrected chi connectivity index (χ2v) is 5.55. The first-order chi connectivity index (χ1) is 11.6. The van der Waals surface area contributed by atoms with Crippen molar-refractivity contribution in [3.05, 3.63) is 66.0 Å². The van der Waals surface area contributed by atoms with Crippen LogP contribution in [0.1, 0.15) is 15.9 Å². The number of anilines is 1. The molecule has 1 heterocycles. The maximum Gasteiger partial charge on any atom is 0.251 e. The molecule has 0 fully saturated rings. The van der Waals surface area contributed by atoms with Crippen LogP contribution in [-0.2, 0) is 6.54 Å². The molecule has 3 aromatic rings. The smallest absolute Gasteiger partial charge is 0.251 e. The Balaban J connectivity index is 1.66. The molecule has 0 aliphatic heterocycles. The number of benzene rings is 2. The predicted molar refractivity (Wildman–Crippen MR) is 91.1 cm³/mol. The molecule has 3 rings (SSSR count). The van der Waals surface area contributed by atoms with Crippen LogP contribution in [0.2, 0.25) is 0 Å². The number of carbonyl (C=O) groups is 1. The highest BCUT2D eigenvalue weighted by Crippen LogP contribution is 2.13. The summed E-state index contributed by atoms with van der Waals surface area (Å²) in [5.74, 6) is -0.137. The maximum atomic E-state index is 12.3. The first-order valence-electron chi connectivity index (χ1n) is 7.51. The maximum absolute atomic E-state index is 12.3. The first kappa shape index (κ1) is 15.7. The number of carbonyl (C=O) groups excluding carboxylic acids is 1. The Hall–Kier alpha value is -3.22. The van der Waals surface area contributed by atoms with Crippen LogP contribution in [0, 0.1) is 0 Å². The van der Waals surface area contributed by atoms with E-state index in [0.717, 1.165) is 16.9 Å². The van der Waals surface area contributed by atoms with Crippen LogP contribution < -0.4 is 10.2 Å². The Morgan fingerprint density at radius 1 is 1.17 bits per heavy atom. The van der Waals surface area contributed by atoms with Gasteiger partial charge >= 0.3 is 0 Å². The van der Waals surface area contributed by atoms with E-state index in [2.05, 4.69) is 20.8 Å². The molecule has 2 aromatic carbocycles. The highest BCUT2D eigenvalue weighted by Gasteiger charge is 2.07. The Labute approximate surface area is 139 Å². The van der Waals surface area contributed by atoms with E-state index in [0.29, 0.717) is 12.1 Å². The second kappa shape index (κ2) is 6.91. The van der Waals surface area contributed by atoms with Crippen LogP contribution in [0.3, 0.4) is 0 Å². The third kappa shape index (κ3) is 3.57. The van der Waals surface area contributed by atoms with Gasteiger partial charge in [0.1, 0.15) is 6.33 Å². The van der Waals surface area contributed by atoms with Crippen molar-refractivity contribution in [2.75, 3.05) is 19.0 Å². The van der Waals surface area contributed by atoms with Gasteiger partial charge in [-0.05, 0) is 46.3 Å². The molecule has 0 aliphatic carbocycles. The van der Waals surface area contributed by atoms with Crippen molar-refractivity contribution >= 4 is 11.6 Å². The van der Waals surface area contributed by atoms with Gasteiger partial charge in [-0.3, -0.25) is 4.79 Å². The van der Waals surface area contributed by atoms with Crippen molar-refractivity contribution in [3.63, 3.8) is 0 Å². The summed E-state index contributed by atoms with van der Waals surface area (Å²) in [6.45, 7) is 0.474. The third-order valence-corrected chi connectivity index (χ3v) is 3.63. The zero-order chi connectivity index (χ0) is 16.9. The zero-order valence-electron chi connectivity index (χ0n) is 13.5. The van der Waals surface area contributed by atoms with Crippen LogP contribution in [0.5, 0.6) is 0 Å². The normalized spacial score (nSPS) is 10.4. The van der Waals surface area contributed by atoms with E-state index in [4.69, 9.17) is 0 Å². The van der Waals surface area contributed by atoms with E-state index in [1.165, 1.54) is 11.0 Å². The summed E-state index contributed by atoms with van der Waals surface area (Å²) < 4.78 is 1.51. The van der Waals surface area contributed by atoms with Gasteiger partial charge in [0.15, 0.2) is 0 Å². The molecule has 0 saturated heterocycles. The number of rotatable bonds is 5. The van der Waals surface area contributed by atoms with E-state index in [1.54, 1.807) is 18.2 Å². The minimum Gasteiger partial charge on any atom is -0.378 e. The lowest BCUT2D eigenvalue weighted by atomic mass is 10.1. The van der Waals surface area contributed by atoms with Gasteiger partial charge in [-0.15, -0.1) is 5.10 Å². The minimum atomic E-state index is -0.137. The fourth-order valence-corrected chi connectivity index (χ4v) is 2.27. The van der Waals surface area contributed by atoms with E-state index in [9.17, 15) is 4.79 Å². The Bertz CT molecular complexity index is 811. The van der Waals surface area contributed by atoms with Crippen LogP contribution in [0.25, 0.3) is 5.69 Å². The molecule has 0 unspecified atom stereocenters. The van der Waals surface area contributed by atoms with Crippen molar-refractivity contribution in [1.29, 1.82) is 0 Å². The number of aromatic nitrogens is 4. The van der Waals surface area contributed by atoms with Gasteiger partial charge in [-0.25, -0.2) is 4.68 Å². The van der Waals surface area contributed by atoms with Gasteiger partial charge < -0.3 is 10.2 Å². The van der Waals surface area contributed by atoms with Gasteiger partial charge in [0.25, 0.3) is 5.91 Å². The molecule has 7 heteroatoms. The van der Waals surface area contributed by atoms with Gasteiger partial charge in [-0.1, -0.05) is 18.2 Å². The van der Waals surface area contributed by atoms with Crippen molar-refractivity contribution in [2.24, 2.45) is 0 Å². The van der Waals surface area contributed by atoms with Crippen LogP contribution >= 0.6 is 0 Å². The first-order valence-corrected chi connectivity index (χ1v) is 7.51. The van der Waals surface area contributed by atoms with E-state index < -0.39 is 0 Å². The lowest BCUT2D eigenvalue weighted by molar-refractivity contribution is 0.0951. The Morgan fingerprint density at radius 3 is 2.62 bits per heavy atom. The monoisotopic (exact) mass is 322 g/mol. The number of hydrogen-bond acceptors (Lipinski definition) is 5. The van der Waals surface area contributed by atoms with E-state index in [-0.39, 0.29) is 5.91 Å².